The average Bonchev–Trinajstić information content (AvgIpc) is 2.83. The van der Waals surface area contributed by atoms with E-state index in [9.17, 15) is 5.11 Å². The Morgan fingerprint density at radius 3 is 2.06 bits per heavy atom. The maximum atomic E-state index is 10.3. The Bertz CT molecular complexity index is 511. The van der Waals surface area contributed by atoms with Crippen molar-refractivity contribution in [2.24, 2.45) is 0 Å². The number of thiophene rings is 1. The van der Waals surface area contributed by atoms with Gasteiger partial charge in [0.2, 0.25) is 0 Å². The van der Waals surface area contributed by atoms with E-state index in [1.807, 2.05) is 30.5 Å². The molecule has 2 aromatic rings. The van der Waals surface area contributed by atoms with Gasteiger partial charge in [0.15, 0.2) is 0 Å². The molecule has 1 atom stereocenters. The van der Waals surface area contributed by atoms with Crippen LogP contribution in [0.5, 0.6) is 11.5 Å². The molecule has 1 aromatic carbocycles. The molecule has 1 N–H and O–H groups in total. The first-order valence-corrected chi connectivity index (χ1v) is 6.48. The van der Waals surface area contributed by atoms with Crippen LogP contribution in [-0.4, -0.2) is 19.3 Å². The highest BCUT2D eigenvalue weighted by Crippen LogP contribution is 2.31. The lowest BCUT2D eigenvalue weighted by molar-refractivity contribution is 0.219. The van der Waals surface area contributed by atoms with Gasteiger partial charge in [-0.1, -0.05) is 0 Å². The number of aliphatic hydroxyl groups is 1. The third kappa shape index (κ3) is 2.66. The summed E-state index contributed by atoms with van der Waals surface area (Å²) in [5.41, 5.74) is 1.66. The maximum Gasteiger partial charge on any atom is 0.122 e. The van der Waals surface area contributed by atoms with Crippen LogP contribution in [0.1, 0.15) is 22.1 Å². The summed E-state index contributed by atoms with van der Waals surface area (Å²) in [5, 5.41) is 12.3. The van der Waals surface area contributed by atoms with Gasteiger partial charge in [-0.25, -0.2) is 0 Å². The molecule has 3 nitrogen and oxygen atoms in total. The van der Waals surface area contributed by atoms with Gasteiger partial charge in [0.05, 0.1) is 14.2 Å². The summed E-state index contributed by atoms with van der Waals surface area (Å²) in [4.78, 5) is 1.18. The maximum absolute atomic E-state index is 10.3. The summed E-state index contributed by atoms with van der Waals surface area (Å²) < 4.78 is 10.4. The van der Waals surface area contributed by atoms with Crippen LogP contribution in [0.25, 0.3) is 0 Å². The molecule has 0 amide bonds. The minimum atomic E-state index is -0.654. The second-order valence-electron chi connectivity index (χ2n) is 4.04. The van der Waals surface area contributed by atoms with Crippen LogP contribution in [0.15, 0.2) is 29.6 Å². The van der Waals surface area contributed by atoms with Gasteiger partial charge >= 0.3 is 0 Å². The van der Waals surface area contributed by atoms with Crippen molar-refractivity contribution in [3.05, 3.63) is 45.6 Å². The van der Waals surface area contributed by atoms with Gasteiger partial charge in [-0.05, 0) is 41.6 Å². The van der Waals surface area contributed by atoms with Crippen molar-refractivity contribution < 1.29 is 14.6 Å². The molecule has 0 aliphatic heterocycles. The van der Waals surface area contributed by atoms with Crippen molar-refractivity contribution in [1.82, 2.24) is 0 Å². The van der Waals surface area contributed by atoms with Crippen LogP contribution in [0, 0.1) is 6.92 Å². The number of benzene rings is 1. The highest BCUT2D eigenvalue weighted by molar-refractivity contribution is 7.10. The molecule has 0 fully saturated rings. The molecule has 2 rings (SSSR count). The van der Waals surface area contributed by atoms with E-state index in [0.29, 0.717) is 11.5 Å². The Hall–Kier alpha value is -1.52. The number of hydrogen-bond acceptors (Lipinski definition) is 4. The molecule has 0 spiro atoms. The van der Waals surface area contributed by atoms with Crippen molar-refractivity contribution in [2.45, 2.75) is 13.0 Å². The predicted octanol–water partition coefficient (Wildman–Crippen LogP) is 3.16. The fourth-order valence-electron chi connectivity index (χ4n) is 1.79. The van der Waals surface area contributed by atoms with Gasteiger partial charge in [-0.3, -0.25) is 0 Å². The van der Waals surface area contributed by atoms with Crippen LogP contribution >= 0.6 is 11.3 Å². The normalized spacial score (nSPS) is 12.2. The van der Waals surface area contributed by atoms with E-state index in [1.165, 1.54) is 4.88 Å². The molecule has 0 saturated carbocycles. The first-order valence-electron chi connectivity index (χ1n) is 5.60. The lowest BCUT2D eigenvalue weighted by Gasteiger charge is -2.13. The molecular formula is C14H16O3S. The van der Waals surface area contributed by atoms with E-state index < -0.39 is 6.10 Å². The van der Waals surface area contributed by atoms with Gasteiger partial charge < -0.3 is 14.6 Å². The van der Waals surface area contributed by atoms with E-state index in [2.05, 4.69) is 0 Å². The summed E-state index contributed by atoms with van der Waals surface area (Å²) in [7, 11) is 3.19. The Labute approximate surface area is 111 Å². The molecule has 96 valence electrons. The van der Waals surface area contributed by atoms with Gasteiger partial charge in [-0.15, -0.1) is 11.3 Å². The Morgan fingerprint density at radius 1 is 1.00 bits per heavy atom. The van der Waals surface area contributed by atoms with Crippen LogP contribution < -0.4 is 9.47 Å². The molecule has 0 bridgehead atoms. The van der Waals surface area contributed by atoms with Crippen LogP contribution in [0.3, 0.4) is 0 Å². The smallest absolute Gasteiger partial charge is 0.122 e. The van der Waals surface area contributed by atoms with E-state index in [4.69, 9.17) is 9.47 Å². The summed E-state index contributed by atoms with van der Waals surface area (Å²) in [6, 6.07) is 7.41. The third-order valence-electron chi connectivity index (χ3n) is 2.76. The first-order chi connectivity index (χ1) is 8.63. The molecule has 4 heteroatoms. The second-order valence-corrected chi connectivity index (χ2v) is 5.15. The van der Waals surface area contributed by atoms with Crippen LogP contribution in [0.2, 0.25) is 0 Å². The van der Waals surface area contributed by atoms with E-state index >= 15 is 0 Å². The fraction of sp³-hybridized carbons (Fsp3) is 0.286. The predicted molar refractivity (Wildman–Crippen MR) is 72.7 cm³/mol. The fourth-order valence-corrected chi connectivity index (χ4v) is 2.51. The Kier molecular flexibility index (Phi) is 3.89. The molecule has 0 aliphatic rings. The Morgan fingerprint density at radius 2 is 1.61 bits per heavy atom. The minimum absolute atomic E-state index is 0.654. The van der Waals surface area contributed by atoms with Gasteiger partial charge in [0.25, 0.3) is 0 Å². The van der Waals surface area contributed by atoms with Crippen molar-refractivity contribution >= 4 is 11.3 Å². The highest BCUT2D eigenvalue weighted by atomic mass is 32.1. The molecule has 0 saturated heterocycles. The average molecular weight is 264 g/mol. The minimum Gasteiger partial charge on any atom is -0.497 e. The zero-order chi connectivity index (χ0) is 13.1. The number of ether oxygens (including phenoxy) is 2. The second kappa shape index (κ2) is 5.42. The number of hydrogen-bond donors (Lipinski definition) is 1. The monoisotopic (exact) mass is 264 g/mol. The molecular weight excluding hydrogens is 248 g/mol. The summed E-state index contributed by atoms with van der Waals surface area (Å²) in [5.74, 6) is 1.35. The van der Waals surface area contributed by atoms with Crippen LogP contribution in [-0.2, 0) is 0 Å². The van der Waals surface area contributed by atoms with Gasteiger partial charge in [0.1, 0.15) is 17.6 Å². The van der Waals surface area contributed by atoms with Crippen molar-refractivity contribution in [3.8, 4) is 11.5 Å². The zero-order valence-corrected chi connectivity index (χ0v) is 11.5. The number of rotatable bonds is 4. The quantitative estimate of drug-likeness (QED) is 0.922. The lowest BCUT2D eigenvalue weighted by Crippen LogP contribution is -1.99. The van der Waals surface area contributed by atoms with Gasteiger partial charge in [0, 0.05) is 10.9 Å². The highest BCUT2D eigenvalue weighted by Gasteiger charge is 2.14. The summed E-state index contributed by atoms with van der Waals surface area (Å²) in [6.45, 7) is 2.02. The summed E-state index contributed by atoms with van der Waals surface area (Å²) >= 11 is 1.62. The topological polar surface area (TPSA) is 38.7 Å². The number of methoxy groups -OCH3 is 2. The molecule has 1 heterocycles. The number of aliphatic hydroxyl groups excluding tert-OH is 1. The lowest BCUT2D eigenvalue weighted by atomic mass is 10.0. The first kappa shape index (κ1) is 12.9. The molecule has 18 heavy (non-hydrogen) atoms. The Balaban J connectivity index is 2.37. The van der Waals surface area contributed by atoms with E-state index in [-0.39, 0.29) is 0 Å². The zero-order valence-electron chi connectivity index (χ0n) is 10.6. The number of aryl methyl sites for hydroxylation is 1. The van der Waals surface area contributed by atoms with Crippen molar-refractivity contribution in [3.63, 3.8) is 0 Å². The molecule has 0 aliphatic carbocycles. The van der Waals surface area contributed by atoms with E-state index in [1.54, 1.807) is 31.6 Å². The largest absolute Gasteiger partial charge is 0.497 e. The van der Waals surface area contributed by atoms with Crippen LogP contribution in [0.4, 0.5) is 0 Å². The van der Waals surface area contributed by atoms with Crippen molar-refractivity contribution in [1.29, 1.82) is 0 Å². The SMILES string of the molecule is COc1cc(OC)cc(C(O)c2csc(C)c2)c1. The summed E-state index contributed by atoms with van der Waals surface area (Å²) in [6.07, 6.45) is -0.654. The van der Waals surface area contributed by atoms with Gasteiger partial charge in [-0.2, -0.15) is 0 Å². The molecule has 0 radical (unpaired) electrons. The molecule has 1 unspecified atom stereocenters. The third-order valence-corrected chi connectivity index (χ3v) is 3.64. The van der Waals surface area contributed by atoms with E-state index in [0.717, 1.165) is 11.1 Å². The standard InChI is InChI=1S/C14H16O3S/c1-9-4-11(8-18-9)14(15)10-5-12(16-2)7-13(6-10)17-3/h4-8,14-15H,1-3H3. The molecule has 1 aromatic heterocycles. The van der Waals surface area contributed by atoms with Crippen molar-refractivity contribution in [2.75, 3.05) is 14.2 Å².